The van der Waals surface area contributed by atoms with Crippen LogP contribution in [-0.4, -0.2) is 37.6 Å². The highest BCUT2D eigenvalue weighted by atomic mass is 32.1. The highest BCUT2D eigenvalue weighted by Gasteiger charge is 2.36. The van der Waals surface area contributed by atoms with Crippen molar-refractivity contribution in [1.29, 1.82) is 0 Å². The molecule has 35 heavy (non-hydrogen) atoms. The maximum absolute atomic E-state index is 13.4. The number of nitrogens with two attached hydrogens (primary N) is 1. The SMILES string of the molecule is Nc1n[nH]c2ccc(-n3nc(C(F)(F)F)cc3OC(=O)Nc3ccc(N4CCCC4=S)cc3)cc12. The molecule has 1 amide bonds. The van der Waals surface area contributed by atoms with E-state index in [1.165, 1.54) is 12.1 Å². The molecule has 1 aliphatic rings. The molecule has 180 valence electrons. The van der Waals surface area contributed by atoms with Crippen LogP contribution >= 0.6 is 12.2 Å². The second-order valence-corrected chi connectivity index (χ2v) is 8.30. The molecule has 0 saturated carbocycles. The van der Waals surface area contributed by atoms with E-state index in [0.717, 1.165) is 34.7 Å². The number of anilines is 3. The van der Waals surface area contributed by atoms with Gasteiger partial charge in [-0.3, -0.25) is 10.4 Å². The van der Waals surface area contributed by atoms with Gasteiger partial charge in [-0.1, -0.05) is 12.2 Å². The molecule has 0 spiro atoms. The summed E-state index contributed by atoms with van der Waals surface area (Å²) in [7, 11) is 0. The lowest BCUT2D eigenvalue weighted by atomic mass is 10.2. The molecule has 0 aliphatic carbocycles. The summed E-state index contributed by atoms with van der Waals surface area (Å²) in [5.74, 6) is -0.251. The number of nitrogens with zero attached hydrogens (tertiary/aromatic N) is 4. The van der Waals surface area contributed by atoms with Crippen LogP contribution in [0.4, 0.5) is 35.2 Å². The number of aromatic amines is 1. The molecular weight excluding hydrogens is 483 g/mol. The number of carbonyl (C=O) groups excluding carboxylic acids is 1. The number of fused-ring (bicyclic) bond motifs is 1. The number of H-pyrrole nitrogens is 1. The Morgan fingerprint density at radius 1 is 1.14 bits per heavy atom. The minimum Gasteiger partial charge on any atom is -0.391 e. The average Bonchev–Trinajstić information content (AvgIpc) is 3.53. The van der Waals surface area contributed by atoms with Gasteiger partial charge in [-0.05, 0) is 55.3 Å². The quantitative estimate of drug-likeness (QED) is 0.341. The minimum absolute atomic E-state index is 0.170. The number of amides is 1. The minimum atomic E-state index is -4.75. The first-order chi connectivity index (χ1) is 16.7. The molecule has 9 nitrogen and oxygen atoms in total. The second kappa shape index (κ2) is 8.58. The number of halogens is 3. The van der Waals surface area contributed by atoms with Crippen molar-refractivity contribution >= 4 is 51.4 Å². The smallest absolute Gasteiger partial charge is 0.391 e. The zero-order valence-electron chi connectivity index (χ0n) is 18.0. The standard InChI is InChI=1S/C22H18F3N7O2S/c23-22(24,25)17-11-18(32(30-17)14-7-8-16-15(10-14)20(26)29-28-16)34-21(33)27-12-3-5-13(6-4-12)31-9-1-2-19(31)35/h3-8,10-11H,1-2,9H2,(H,27,33)(H3,26,28,29). The van der Waals surface area contributed by atoms with E-state index in [4.69, 9.17) is 22.7 Å². The molecular formula is C22H18F3N7O2S. The van der Waals surface area contributed by atoms with Gasteiger partial charge in [0.05, 0.1) is 16.2 Å². The van der Waals surface area contributed by atoms with Crippen LogP contribution in [0.2, 0.25) is 0 Å². The van der Waals surface area contributed by atoms with Crippen LogP contribution in [0.25, 0.3) is 16.6 Å². The van der Waals surface area contributed by atoms with E-state index in [2.05, 4.69) is 20.6 Å². The van der Waals surface area contributed by atoms with Crippen molar-refractivity contribution in [3.63, 3.8) is 0 Å². The molecule has 3 heterocycles. The van der Waals surface area contributed by atoms with E-state index in [1.807, 2.05) is 4.90 Å². The van der Waals surface area contributed by atoms with Gasteiger partial charge < -0.3 is 15.4 Å². The van der Waals surface area contributed by atoms with E-state index in [0.29, 0.717) is 22.7 Å². The Hall–Kier alpha value is -4.13. The van der Waals surface area contributed by atoms with Crippen LogP contribution in [-0.2, 0) is 6.18 Å². The van der Waals surface area contributed by atoms with Gasteiger partial charge in [0.1, 0.15) is 0 Å². The van der Waals surface area contributed by atoms with E-state index >= 15 is 0 Å². The Balaban J connectivity index is 1.39. The number of hydrogen-bond donors (Lipinski definition) is 3. The first-order valence-corrected chi connectivity index (χ1v) is 10.9. The maximum atomic E-state index is 13.4. The van der Waals surface area contributed by atoms with Crippen LogP contribution in [0, 0.1) is 0 Å². The molecule has 4 aromatic rings. The number of alkyl halides is 3. The fourth-order valence-electron chi connectivity index (χ4n) is 3.80. The Bertz CT molecular complexity index is 1430. The zero-order valence-corrected chi connectivity index (χ0v) is 18.8. The van der Waals surface area contributed by atoms with Crippen molar-refractivity contribution in [3.8, 4) is 11.6 Å². The van der Waals surface area contributed by atoms with Gasteiger partial charge in [-0.15, -0.1) is 0 Å². The van der Waals surface area contributed by atoms with Crippen molar-refractivity contribution in [2.75, 3.05) is 22.5 Å². The predicted octanol–water partition coefficient (Wildman–Crippen LogP) is 4.89. The summed E-state index contributed by atoms with van der Waals surface area (Å²) in [6.07, 6.45) is -3.88. The number of nitrogen functional groups attached to an aromatic ring is 1. The Morgan fingerprint density at radius 2 is 1.89 bits per heavy atom. The van der Waals surface area contributed by atoms with E-state index < -0.39 is 23.8 Å². The summed E-state index contributed by atoms with van der Waals surface area (Å²) >= 11 is 5.34. The van der Waals surface area contributed by atoms with E-state index in [-0.39, 0.29) is 11.5 Å². The number of thiocarbonyl (C=S) groups is 1. The highest BCUT2D eigenvalue weighted by Crippen LogP contribution is 2.33. The molecule has 2 aromatic carbocycles. The maximum Gasteiger partial charge on any atom is 0.435 e. The summed E-state index contributed by atoms with van der Waals surface area (Å²) in [5.41, 5.74) is 6.68. The Morgan fingerprint density at radius 3 is 2.57 bits per heavy atom. The van der Waals surface area contributed by atoms with Gasteiger partial charge in [0.2, 0.25) is 5.88 Å². The van der Waals surface area contributed by atoms with Crippen molar-refractivity contribution < 1.29 is 22.7 Å². The number of aromatic nitrogens is 4. The monoisotopic (exact) mass is 501 g/mol. The lowest BCUT2D eigenvalue weighted by Gasteiger charge is -2.18. The first kappa shape index (κ1) is 22.7. The largest absolute Gasteiger partial charge is 0.435 e. The second-order valence-electron chi connectivity index (χ2n) is 7.83. The number of rotatable bonds is 4. The molecule has 1 aliphatic heterocycles. The van der Waals surface area contributed by atoms with Crippen molar-refractivity contribution in [3.05, 3.63) is 54.2 Å². The Labute approximate surface area is 201 Å². The van der Waals surface area contributed by atoms with Crippen LogP contribution in [0.15, 0.2) is 48.5 Å². The van der Waals surface area contributed by atoms with Gasteiger partial charge in [0.25, 0.3) is 0 Å². The topological polar surface area (TPSA) is 114 Å². The molecule has 0 bridgehead atoms. The van der Waals surface area contributed by atoms with Crippen LogP contribution in [0.1, 0.15) is 18.5 Å². The molecule has 1 saturated heterocycles. The molecule has 0 atom stereocenters. The number of nitrogens with one attached hydrogen (secondary N) is 2. The summed E-state index contributed by atoms with van der Waals surface area (Å²) < 4.78 is 46.2. The number of benzene rings is 2. The summed E-state index contributed by atoms with van der Waals surface area (Å²) in [6, 6.07) is 12.1. The van der Waals surface area contributed by atoms with E-state index in [9.17, 15) is 18.0 Å². The summed E-state index contributed by atoms with van der Waals surface area (Å²) in [5, 5.41) is 13.2. The van der Waals surface area contributed by atoms with Gasteiger partial charge in [0.15, 0.2) is 11.5 Å². The van der Waals surface area contributed by atoms with Crippen molar-refractivity contribution in [2.45, 2.75) is 19.0 Å². The third-order valence-electron chi connectivity index (χ3n) is 5.48. The molecule has 0 radical (unpaired) electrons. The summed E-state index contributed by atoms with van der Waals surface area (Å²) in [4.78, 5) is 15.4. The zero-order chi connectivity index (χ0) is 24.7. The molecule has 13 heteroatoms. The van der Waals surface area contributed by atoms with Crippen molar-refractivity contribution in [1.82, 2.24) is 20.0 Å². The lowest BCUT2D eigenvalue weighted by molar-refractivity contribution is -0.141. The molecule has 0 unspecified atom stereocenters. The molecule has 4 N–H and O–H groups in total. The fourth-order valence-corrected chi connectivity index (χ4v) is 4.14. The third-order valence-corrected chi connectivity index (χ3v) is 5.91. The lowest BCUT2D eigenvalue weighted by Crippen LogP contribution is -2.22. The van der Waals surface area contributed by atoms with Gasteiger partial charge >= 0.3 is 12.3 Å². The Kier molecular flexibility index (Phi) is 5.55. The van der Waals surface area contributed by atoms with Crippen LogP contribution in [0.3, 0.4) is 0 Å². The fraction of sp³-hybridized carbons (Fsp3) is 0.182. The van der Waals surface area contributed by atoms with Crippen molar-refractivity contribution in [2.24, 2.45) is 0 Å². The van der Waals surface area contributed by atoms with Gasteiger partial charge in [-0.25, -0.2) is 4.79 Å². The molecule has 1 fully saturated rings. The highest BCUT2D eigenvalue weighted by molar-refractivity contribution is 7.80. The molecule has 5 rings (SSSR count). The first-order valence-electron chi connectivity index (χ1n) is 10.5. The van der Waals surface area contributed by atoms with Crippen LogP contribution in [0.5, 0.6) is 5.88 Å². The van der Waals surface area contributed by atoms with Gasteiger partial charge in [0, 0.05) is 29.4 Å². The summed E-state index contributed by atoms with van der Waals surface area (Å²) in [6.45, 7) is 0.829. The third kappa shape index (κ3) is 4.49. The number of carbonyl (C=O) groups is 1. The van der Waals surface area contributed by atoms with Crippen LogP contribution < -0.4 is 20.7 Å². The normalized spacial score (nSPS) is 14.0. The molecule has 2 aromatic heterocycles. The predicted molar refractivity (Wildman–Crippen MR) is 128 cm³/mol. The van der Waals surface area contributed by atoms with E-state index in [1.54, 1.807) is 30.3 Å². The van der Waals surface area contributed by atoms with Gasteiger partial charge in [-0.2, -0.15) is 28.1 Å². The average molecular weight is 501 g/mol. The number of ether oxygens (including phenoxy) is 1. The number of hydrogen-bond acceptors (Lipinski definition) is 6.